The average Bonchev–Trinajstić information content (AvgIpc) is 2.90. The zero-order chi connectivity index (χ0) is 14.4. The van der Waals surface area contributed by atoms with Gasteiger partial charge in [-0.1, -0.05) is 51.8 Å². The molecule has 2 heteroatoms. The number of para-hydroxylation sites is 1. The van der Waals surface area contributed by atoms with Crippen LogP contribution in [0.15, 0.2) is 24.3 Å². The van der Waals surface area contributed by atoms with Gasteiger partial charge in [0.1, 0.15) is 17.6 Å². The van der Waals surface area contributed by atoms with Crippen molar-refractivity contribution in [2.45, 2.75) is 64.4 Å². The van der Waals surface area contributed by atoms with Crippen LogP contribution in [0.4, 0.5) is 0 Å². The lowest BCUT2D eigenvalue weighted by molar-refractivity contribution is -0.151. The van der Waals surface area contributed by atoms with Gasteiger partial charge in [-0.15, -0.1) is 0 Å². The Balaban J connectivity index is 1.84. The summed E-state index contributed by atoms with van der Waals surface area (Å²) in [4.78, 5) is 12.1. The van der Waals surface area contributed by atoms with E-state index >= 15 is 0 Å². The first kappa shape index (κ1) is 13.7. The number of ketones is 1. The Labute approximate surface area is 121 Å². The number of benzene rings is 1. The molecule has 2 aliphatic carbocycles. The van der Waals surface area contributed by atoms with Gasteiger partial charge >= 0.3 is 0 Å². The van der Waals surface area contributed by atoms with Gasteiger partial charge in [-0.3, -0.25) is 4.79 Å². The summed E-state index contributed by atoms with van der Waals surface area (Å²) in [6.07, 6.45) is 5.08. The van der Waals surface area contributed by atoms with E-state index in [0.29, 0.717) is 12.2 Å². The zero-order valence-electron chi connectivity index (χ0n) is 12.7. The van der Waals surface area contributed by atoms with E-state index in [9.17, 15) is 4.79 Å². The lowest BCUT2D eigenvalue weighted by Gasteiger charge is -2.45. The minimum Gasteiger partial charge on any atom is -0.489 e. The van der Waals surface area contributed by atoms with Crippen molar-refractivity contribution in [3.05, 3.63) is 29.8 Å². The van der Waals surface area contributed by atoms with Gasteiger partial charge in [0.25, 0.3) is 0 Å². The van der Waals surface area contributed by atoms with Crippen molar-refractivity contribution in [2.24, 2.45) is 5.41 Å². The summed E-state index contributed by atoms with van der Waals surface area (Å²) in [5.74, 6) is 1.39. The molecule has 1 aromatic carbocycles. The highest BCUT2D eigenvalue weighted by atomic mass is 16.5. The number of hydrogen-bond donors (Lipinski definition) is 0. The molecule has 2 saturated carbocycles. The van der Waals surface area contributed by atoms with Gasteiger partial charge in [0, 0.05) is 6.42 Å². The van der Waals surface area contributed by atoms with Crippen LogP contribution >= 0.6 is 0 Å². The van der Waals surface area contributed by atoms with E-state index in [2.05, 4.69) is 32.9 Å². The molecule has 0 aliphatic heterocycles. The Morgan fingerprint density at radius 3 is 2.40 bits per heavy atom. The molecule has 0 N–H and O–H groups in total. The third-order valence-corrected chi connectivity index (χ3v) is 5.00. The second kappa shape index (κ2) is 4.61. The summed E-state index contributed by atoms with van der Waals surface area (Å²) >= 11 is 0. The zero-order valence-corrected chi connectivity index (χ0v) is 12.7. The number of Topliss-reactive ketones (excluding diaryl/α,β-unsaturated/α-hetero) is 1. The third kappa shape index (κ3) is 2.06. The molecule has 1 aromatic rings. The molecule has 20 heavy (non-hydrogen) atoms. The quantitative estimate of drug-likeness (QED) is 0.804. The smallest absolute Gasteiger partial charge is 0.146 e. The summed E-state index contributed by atoms with van der Waals surface area (Å²) < 4.78 is 6.30. The molecular weight excluding hydrogens is 248 g/mol. The first-order chi connectivity index (χ1) is 9.43. The molecule has 0 bridgehead atoms. The van der Waals surface area contributed by atoms with Crippen molar-refractivity contribution in [3.8, 4) is 5.75 Å². The maximum absolute atomic E-state index is 12.1. The fraction of sp³-hybridized carbons (Fsp3) is 0.611. The highest BCUT2D eigenvalue weighted by molar-refractivity contribution is 5.92. The Bertz CT molecular complexity index is 518. The SMILES string of the molecule is CC(C)(C)c1ccccc1OC1CC(=O)C12CCCC2. The largest absolute Gasteiger partial charge is 0.489 e. The second-order valence-electron chi connectivity index (χ2n) is 7.34. The van der Waals surface area contributed by atoms with Gasteiger partial charge < -0.3 is 4.74 Å². The van der Waals surface area contributed by atoms with Crippen LogP contribution < -0.4 is 4.74 Å². The van der Waals surface area contributed by atoms with E-state index in [1.54, 1.807) is 0 Å². The standard InChI is InChI=1S/C18H24O2/c1-17(2,3)13-8-4-5-9-14(13)20-16-12-15(19)18(16)10-6-7-11-18/h4-5,8-9,16H,6-7,10-12H2,1-3H3. The number of carbonyl (C=O) groups is 1. The van der Waals surface area contributed by atoms with Gasteiger partial charge in [0.2, 0.25) is 0 Å². The minimum atomic E-state index is -0.148. The normalized spacial score (nSPS) is 24.8. The lowest BCUT2D eigenvalue weighted by Crippen LogP contribution is -2.55. The van der Waals surface area contributed by atoms with Gasteiger partial charge in [-0.2, -0.15) is 0 Å². The molecule has 2 aliphatic rings. The fourth-order valence-corrected chi connectivity index (χ4v) is 3.72. The summed E-state index contributed by atoms with van der Waals surface area (Å²) in [5, 5.41) is 0. The number of carbonyl (C=O) groups excluding carboxylic acids is 1. The molecule has 1 atom stereocenters. The molecule has 0 aromatic heterocycles. The van der Waals surface area contributed by atoms with Crippen molar-refractivity contribution >= 4 is 5.78 Å². The molecule has 1 unspecified atom stereocenters. The van der Waals surface area contributed by atoms with E-state index < -0.39 is 0 Å². The van der Waals surface area contributed by atoms with Crippen molar-refractivity contribution in [3.63, 3.8) is 0 Å². The second-order valence-corrected chi connectivity index (χ2v) is 7.34. The molecule has 3 rings (SSSR count). The summed E-state index contributed by atoms with van der Waals surface area (Å²) in [5.41, 5.74) is 1.14. The highest BCUT2D eigenvalue weighted by Crippen LogP contribution is 2.52. The summed E-state index contributed by atoms with van der Waals surface area (Å²) in [6.45, 7) is 6.60. The summed E-state index contributed by atoms with van der Waals surface area (Å²) in [7, 11) is 0. The molecule has 0 heterocycles. The molecule has 0 radical (unpaired) electrons. The third-order valence-electron chi connectivity index (χ3n) is 5.00. The molecule has 2 fully saturated rings. The molecule has 0 saturated heterocycles. The van der Waals surface area contributed by atoms with Crippen LogP contribution in [0.3, 0.4) is 0 Å². The lowest BCUT2D eigenvalue weighted by atomic mass is 9.63. The Kier molecular flexibility index (Phi) is 3.15. The maximum atomic E-state index is 12.1. The number of rotatable bonds is 2. The van der Waals surface area contributed by atoms with Crippen LogP contribution in [0.5, 0.6) is 5.75 Å². The Hall–Kier alpha value is -1.31. The van der Waals surface area contributed by atoms with E-state index in [0.717, 1.165) is 18.6 Å². The first-order valence-electron chi connectivity index (χ1n) is 7.73. The molecule has 2 nitrogen and oxygen atoms in total. The van der Waals surface area contributed by atoms with Crippen LogP contribution in [0, 0.1) is 5.41 Å². The van der Waals surface area contributed by atoms with E-state index in [1.165, 1.54) is 18.4 Å². The molecule has 1 spiro atoms. The van der Waals surface area contributed by atoms with Crippen LogP contribution in [0.1, 0.15) is 58.4 Å². The van der Waals surface area contributed by atoms with Gasteiger partial charge in [0.15, 0.2) is 0 Å². The van der Waals surface area contributed by atoms with Crippen LogP contribution in [0.2, 0.25) is 0 Å². The first-order valence-corrected chi connectivity index (χ1v) is 7.73. The van der Waals surface area contributed by atoms with Gasteiger partial charge in [-0.05, 0) is 29.9 Å². The monoisotopic (exact) mass is 272 g/mol. The molecule has 108 valence electrons. The van der Waals surface area contributed by atoms with E-state index in [4.69, 9.17) is 4.74 Å². The van der Waals surface area contributed by atoms with E-state index in [-0.39, 0.29) is 16.9 Å². The Morgan fingerprint density at radius 1 is 1.15 bits per heavy atom. The topological polar surface area (TPSA) is 26.3 Å². The molecular formula is C18H24O2. The predicted octanol–water partition coefficient (Wildman–Crippen LogP) is 4.26. The Morgan fingerprint density at radius 2 is 1.80 bits per heavy atom. The minimum absolute atomic E-state index is 0.0627. The fourth-order valence-electron chi connectivity index (χ4n) is 3.72. The van der Waals surface area contributed by atoms with Crippen molar-refractivity contribution in [1.82, 2.24) is 0 Å². The van der Waals surface area contributed by atoms with Crippen molar-refractivity contribution in [2.75, 3.05) is 0 Å². The average molecular weight is 272 g/mol. The van der Waals surface area contributed by atoms with Crippen molar-refractivity contribution < 1.29 is 9.53 Å². The maximum Gasteiger partial charge on any atom is 0.146 e. The van der Waals surface area contributed by atoms with Gasteiger partial charge in [-0.25, -0.2) is 0 Å². The molecule has 0 amide bonds. The highest BCUT2D eigenvalue weighted by Gasteiger charge is 2.57. The summed E-state index contributed by atoms with van der Waals surface area (Å²) in [6, 6.07) is 8.26. The number of ether oxygens (including phenoxy) is 1. The predicted molar refractivity (Wildman–Crippen MR) is 80.1 cm³/mol. The van der Waals surface area contributed by atoms with Crippen LogP contribution in [0.25, 0.3) is 0 Å². The van der Waals surface area contributed by atoms with E-state index in [1.807, 2.05) is 12.1 Å². The van der Waals surface area contributed by atoms with Crippen LogP contribution in [-0.2, 0) is 10.2 Å². The van der Waals surface area contributed by atoms with Gasteiger partial charge in [0.05, 0.1) is 5.41 Å². The van der Waals surface area contributed by atoms with Crippen molar-refractivity contribution in [1.29, 1.82) is 0 Å². The number of hydrogen-bond acceptors (Lipinski definition) is 2. The van der Waals surface area contributed by atoms with Crippen LogP contribution in [-0.4, -0.2) is 11.9 Å².